The molecule has 10 nitrogen and oxygen atoms in total. The summed E-state index contributed by atoms with van der Waals surface area (Å²) in [5, 5.41) is 11.6. The standard InChI is InChI=1S/C32H28N6O4/c1-2-29(39)34-23-12-10-21(11-13-23)31(41)36-25-18-24-19-26(20-25)37-32-33-15-14-28(38-32)22-7-6-8-27(17-22)42-16-5-3-4-9-30(40)35-24/h2-4,6-8,10-15,17-20H,1,5,9,16H2,(H,34,39)(H,35,40)(H,36,41)(H,33,37,38)/b4-3+. The number of hydrogen-bond acceptors (Lipinski definition) is 7. The Morgan fingerprint density at radius 2 is 1.71 bits per heavy atom. The molecule has 3 aromatic carbocycles. The lowest BCUT2D eigenvalue weighted by Crippen LogP contribution is -2.14. The second-order valence-electron chi connectivity index (χ2n) is 9.30. The number of carbonyl (C=O) groups excluding carboxylic acids is 3. The van der Waals surface area contributed by atoms with Crippen molar-refractivity contribution in [1.29, 1.82) is 0 Å². The van der Waals surface area contributed by atoms with Gasteiger partial charge >= 0.3 is 0 Å². The number of benzene rings is 3. The minimum atomic E-state index is -0.372. The van der Waals surface area contributed by atoms with Gasteiger partial charge in [-0.3, -0.25) is 14.4 Å². The van der Waals surface area contributed by atoms with Crippen LogP contribution >= 0.6 is 0 Å². The van der Waals surface area contributed by atoms with Gasteiger partial charge in [0, 0.05) is 46.5 Å². The molecule has 5 rings (SSSR count). The average Bonchev–Trinajstić information content (AvgIpc) is 2.99. The molecule has 6 bridgehead atoms. The molecule has 1 aliphatic rings. The number of nitrogens with zero attached hydrogens (tertiary/aromatic N) is 2. The third-order valence-electron chi connectivity index (χ3n) is 6.14. The summed E-state index contributed by atoms with van der Waals surface area (Å²) in [4.78, 5) is 46.2. The van der Waals surface area contributed by atoms with E-state index in [-0.39, 0.29) is 24.1 Å². The third-order valence-corrected chi connectivity index (χ3v) is 6.14. The van der Waals surface area contributed by atoms with Crippen LogP contribution < -0.4 is 26.0 Å². The molecule has 0 unspecified atom stereocenters. The fourth-order valence-corrected chi connectivity index (χ4v) is 4.16. The minimum absolute atomic E-state index is 0.175. The monoisotopic (exact) mass is 560 g/mol. The summed E-state index contributed by atoms with van der Waals surface area (Å²) in [6.07, 6.45) is 7.33. The summed E-state index contributed by atoms with van der Waals surface area (Å²) in [5.74, 6) is 0.120. The van der Waals surface area contributed by atoms with Gasteiger partial charge in [-0.05, 0) is 73.2 Å². The van der Waals surface area contributed by atoms with Crippen LogP contribution in [0.4, 0.5) is 28.7 Å². The quantitative estimate of drug-likeness (QED) is 0.179. The number of ether oxygens (including phenoxy) is 1. The second kappa shape index (κ2) is 13.1. The van der Waals surface area contributed by atoms with E-state index in [1.165, 1.54) is 6.08 Å². The molecule has 0 spiro atoms. The number of aromatic nitrogens is 2. The number of hydrogen-bond donors (Lipinski definition) is 4. The van der Waals surface area contributed by atoms with Crippen LogP contribution in [0.2, 0.25) is 0 Å². The van der Waals surface area contributed by atoms with Gasteiger partial charge < -0.3 is 26.0 Å². The smallest absolute Gasteiger partial charge is 0.255 e. The molecule has 0 saturated heterocycles. The lowest BCUT2D eigenvalue weighted by atomic mass is 10.1. The molecule has 210 valence electrons. The van der Waals surface area contributed by atoms with E-state index in [1.807, 2.05) is 36.4 Å². The Morgan fingerprint density at radius 3 is 2.52 bits per heavy atom. The molecule has 1 aliphatic heterocycles. The molecule has 4 aromatic rings. The summed E-state index contributed by atoms with van der Waals surface area (Å²) in [6.45, 7) is 3.89. The number of rotatable bonds is 4. The molecular weight excluding hydrogens is 532 g/mol. The van der Waals surface area contributed by atoms with E-state index in [0.29, 0.717) is 53.0 Å². The molecule has 0 atom stereocenters. The van der Waals surface area contributed by atoms with E-state index < -0.39 is 0 Å². The summed E-state index contributed by atoms with van der Waals surface area (Å²) in [5.41, 5.74) is 3.96. The Hall–Kier alpha value is -5.77. The van der Waals surface area contributed by atoms with Crippen LogP contribution in [0.3, 0.4) is 0 Å². The molecule has 4 N–H and O–H groups in total. The zero-order chi connectivity index (χ0) is 29.3. The van der Waals surface area contributed by atoms with Crippen molar-refractivity contribution >= 4 is 46.4 Å². The van der Waals surface area contributed by atoms with Gasteiger partial charge in [0.25, 0.3) is 5.91 Å². The number of nitrogens with one attached hydrogen (secondary N) is 4. The zero-order valence-corrected chi connectivity index (χ0v) is 22.6. The maximum atomic E-state index is 13.0. The molecular formula is C32H28N6O4. The predicted octanol–water partition coefficient (Wildman–Crippen LogP) is 5.93. The minimum Gasteiger partial charge on any atom is -0.493 e. The van der Waals surface area contributed by atoms with Crippen LogP contribution in [0.15, 0.2) is 104 Å². The maximum absolute atomic E-state index is 13.0. The van der Waals surface area contributed by atoms with Crippen molar-refractivity contribution in [2.24, 2.45) is 0 Å². The van der Waals surface area contributed by atoms with Crippen molar-refractivity contribution in [3.8, 4) is 17.0 Å². The fraction of sp³-hybridized carbons (Fsp3) is 0.0938. The molecule has 10 heteroatoms. The van der Waals surface area contributed by atoms with Gasteiger partial charge in [-0.25, -0.2) is 9.97 Å². The predicted molar refractivity (Wildman–Crippen MR) is 163 cm³/mol. The molecule has 42 heavy (non-hydrogen) atoms. The lowest BCUT2D eigenvalue weighted by Gasteiger charge is -2.14. The normalized spacial score (nSPS) is 13.6. The van der Waals surface area contributed by atoms with E-state index in [1.54, 1.807) is 54.7 Å². The first-order chi connectivity index (χ1) is 20.4. The van der Waals surface area contributed by atoms with Crippen LogP contribution in [0.1, 0.15) is 23.2 Å². The number of amides is 3. The highest BCUT2D eigenvalue weighted by Gasteiger charge is 2.12. The Morgan fingerprint density at radius 1 is 0.905 bits per heavy atom. The zero-order valence-electron chi connectivity index (χ0n) is 22.6. The van der Waals surface area contributed by atoms with Crippen LogP contribution in [-0.4, -0.2) is 34.3 Å². The third kappa shape index (κ3) is 7.45. The van der Waals surface area contributed by atoms with Crippen LogP contribution in [-0.2, 0) is 9.59 Å². The summed E-state index contributed by atoms with van der Waals surface area (Å²) < 4.78 is 5.86. The van der Waals surface area contributed by atoms with Crippen LogP contribution in [0, 0.1) is 0 Å². The lowest BCUT2D eigenvalue weighted by molar-refractivity contribution is -0.115. The van der Waals surface area contributed by atoms with Crippen LogP contribution in [0.5, 0.6) is 5.75 Å². The first-order valence-corrected chi connectivity index (χ1v) is 13.2. The SMILES string of the molecule is C=CC(=O)Nc1ccc(C(=O)Nc2cc3cc(c2)Nc2nccc(n2)-c2cccc(c2)OCC/C=C/CC(=O)N3)cc1. The fourth-order valence-electron chi connectivity index (χ4n) is 4.16. The first-order valence-electron chi connectivity index (χ1n) is 13.2. The van der Waals surface area contributed by atoms with Crippen LogP contribution in [0.25, 0.3) is 11.3 Å². The van der Waals surface area contributed by atoms with Gasteiger partial charge in [0.05, 0.1) is 12.3 Å². The van der Waals surface area contributed by atoms with Gasteiger partial charge in [-0.15, -0.1) is 0 Å². The Kier molecular flexibility index (Phi) is 8.64. The van der Waals surface area contributed by atoms with E-state index in [0.717, 1.165) is 11.3 Å². The summed E-state index contributed by atoms with van der Waals surface area (Å²) >= 11 is 0. The van der Waals surface area contributed by atoms with Crippen molar-refractivity contribution in [2.45, 2.75) is 12.8 Å². The van der Waals surface area contributed by atoms with E-state index in [9.17, 15) is 14.4 Å². The van der Waals surface area contributed by atoms with Crippen molar-refractivity contribution in [2.75, 3.05) is 27.9 Å². The van der Waals surface area contributed by atoms with Crippen molar-refractivity contribution < 1.29 is 19.1 Å². The maximum Gasteiger partial charge on any atom is 0.255 e. The van der Waals surface area contributed by atoms with Crippen molar-refractivity contribution in [3.63, 3.8) is 0 Å². The molecule has 0 fully saturated rings. The molecule has 0 aliphatic carbocycles. The summed E-state index contributed by atoms with van der Waals surface area (Å²) in [7, 11) is 0. The van der Waals surface area contributed by atoms with E-state index in [2.05, 4.69) is 37.8 Å². The number of carbonyl (C=O) groups is 3. The van der Waals surface area contributed by atoms with Gasteiger partial charge in [0.2, 0.25) is 17.8 Å². The molecule has 3 amide bonds. The highest BCUT2D eigenvalue weighted by molar-refractivity contribution is 6.06. The number of anilines is 5. The Bertz CT molecular complexity index is 1670. The van der Waals surface area contributed by atoms with E-state index in [4.69, 9.17) is 4.74 Å². The highest BCUT2D eigenvalue weighted by Crippen LogP contribution is 2.27. The molecule has 1 aromatic heterocycles. The molecule has 0 radical (unpaired) electrons. The van der Waals surface area contributed by atoms with Gasteiger partial charge in [0.15, 0.2) is 0 Å². The Labute approximate surface area is 242 Å². The van der Waals surface area contributed by atoms with Crippen molar-refractivity contribution in [1.82, 2.24) is 9.97 Å². The first kappa shape index (κ1) is 27.8. The van der Waals surface area contributed by atoms with Gasteiger partial charge in [-0.1, -0.05) is 30.9 Å². The van der Waals surface area contributed by atoms with Gasteiger partial charge in [0.1, 0.15) is 5.75 Å². The largest absolute Gasteiger partial charge is 0.493 e. The Balaban J connectivity index is 1.43. The number of fused-ring (bicyclic) bond motifs is 7. The molecule has 2 heterocycles. The van der Waals surface area contributed by atoms with Crippen molar-refractivity contribution in [3.05, 3.63) is 109 Å². The van der Waals surface area contributed by atoms with Gasteiger partial charge in [-0.2, -0.15) is 0 Å². The second-order valence-corrected chi connectivity index (χ2v) is 9.30. The summed E-state index contributed by atoms with van der Waals surface area (Å²) in [6, 6.07) is 21.0. The van der Waals surface area contributed by atoms with E-state index >= 15 is 0 Å². The highest BCUT2D eigenvalue weighted by atomic mass is 16.5. The topological polar surface area (TPSA) is 134 Å². The molecule has 0 saturated carbocycles. The average molecular weight is 561 g/mol.